The highest BCUT2D eigenvalue weighted by Crippen LogP contribution is 2.26. The Hall–Kier alpha value is -1.38. The molecule has 7 nitrogen and oxygen atoms in total. The predicted molar refractivity (Wildman–Crippen MR) is 78.9 cm³/mol. The zero-order valence-corrected chi connectivity index (χ0v) is 13.3. The van der Waals surface area contributed by atoms with E-state index in [1.54, 1.807) is 11.0 Å². The van der Waals surface area contributed by atoms with E-state index in [0.29, 0.717) is 44.6 Å². The van der Waals surface area contributed by atoms with Crippen LogP contribution in [-0.2, 0) is 14.8 Å². The number of sulfonamides is 1. The summed E-state index contributed by atoms with van der Waals surface area (Å²) < 4.78 is 36.1. The molecule has 122 valence electrons. The summed E-state index contributed by atoms with van der Waals surface area (Å²) in [4.78, 5) is 14.1. The van der Waals surface area contributed by atoms with Crippen molar-refractivity contribution in [2.45, 2.75) is 25.0 Å². The number of amides is 1. The van der Waals surface area contributed by atoms with Crippen LogP contribution in [0.3, 0.4) is 0 Å². The molecule has 3 rings (SSSR count). The molecule has 1 amide bonds. The lowest BCUT2D eigenvalue weighted by Crippen LogP contribution is -2.53. The van der Waals surface area contributed by atoms with Gasteiger partial charge in [-0.15, -0.1) is 0 Å². The molecule has 0 unspecified atom stereocenters. The Labute approximate surface area is 129 Å². The first kappa shape index (κ1) is 15.5. The van der Waals surface area contributed by atoms with Crippen molar-refractivity contribution in [3.05, 3.63) is 24.2 Å². The van der Waals surface area contributed by atoms with E-state index >= 15 is 0 Å². The number of hydrogen-bond acceptors (Lipinski definition) is 5. The van der Waals surface area contributed by atoms with Gasteiger partial charge in [-0.05, 0) is 18.9 Å². The van der Waals surface area contributed by atoms with Crippen LogP contribution in [0.15, 0.2) is 23.0 Å². The van der Waals surface area contributed by atoms with E-state index in [1.807, 2.05) is 0 Å². The normalized spacial score (nSPS) is 27.2. The summed E-state index contributed by atoms with van der Waals surface area (Å²) >= 11 is 0. The van der Waals surface area contributed by atoms with Crippen LogP contribution in [0.5, 0.6) is 0 Å². The lowest BCUT2D eigenvalue weighted by atomic mass is 10.0. The second-order valence-electron chi connectivity index (χ2n) is 5.73. The maximum Gasteiger partial charge on any atom is 0.257 e. The molecule has 2 saturated heterocycles. The third-order valence-corrected chi connectivity index (χ3v) is 5.61. The summed E-state index contributed by atoms with van der Waals surface area (Å²) in [5.74, 6) is -0.0849. The Balaban J connectivity index is 1.75. The SMILES string of the molecule is CS(=O)(=O)N1CCO[C@@H]2CCN(C(=O)c3ccoc3)CC[C@@H]21. The fraction of sp³-hybridized carbons (Fsp3) is 0.643. The zero-order valence-electron chi connectivity index (χ0n) is 12.5. The fourth-order valence-corrected chi connectivity index (χ4v) is 4.37. The molecule has 3 heterocycles. The largest absolute Gasteiger partial charge is 0.472 e. The molecule has 0 spiro atoms. The van der Waals surface area contributed by atoms with E-state index in [4.69, 9.17) is 9.15 Å². The number of furan rings is 1. The van der Waals surface area contributed by atoms with Gasteiger partial charge in [0.05, 0.1) is 36.8 Å². The average molecular weight is 328 g/mol. The van der Waals surface area contributed by atoms with Crippen LogP contribution in [0.25, 0.3) is 0 Å². The minimum Gasteiger partial charge on any atom is -0.472 e. The number of fused-ring (bicyclic) bond motifs is 1. The quantitative estimate of drug-likeness (QED) is 0.792. The van der Waals surface area contributed by atoms with Crippen molar-refractivity contribution >= 4 is 15.9 Å². The average Bonchev–Trinajstić information content (AvgIpc) is 2.92. The maximum atomic E-state index is 12.4. The van der Waals surface area contributed by atoms with Crippen molar-refractivity contribution in [1.29, 1.82) is 0 Å². The van der Waals surface area contributed by atoms with Crippen LogP contribution < -0.4 is 0 Å². The Morgan fingerprint density at radius 1 is 1.27 bits per heavy atom. The molecular weight excluding hydrogens is 308 g/mol. The van der Waals surface area contributed by atoms with Gasteiger partial charge in [-0.1, -0.05) is 0 Å². The second-order valence-corrected chi connectivity index (χ2v) is 7.67. The van der Waals surface area contributed by atoms with Crippen LogP contribution >= 0.6 is 0 Å². The Kier molecular flexibility index (Phi) is 4.24. The number of morpholine rings is 1. The minimum absolute atomic E-state index is 0.0849. The van der Waals surface area contributed by atoms with Crippen LogP contribution in [0.2, 0.25) is 0 Å². The van der Waals surface area contributed by atoms with E-state index in [-0.39, 0.29) is 18.1 Å². The van der Waals surface area contributed by atoms with Gasteiger partial charge in [0, 0.05) is 19.6 Å². The molecule has 2 aliphatic heterocycles. The highest BCUT2D eigenvalue weighted by Gasteiger charge is 2.39. The molecule has 22 heavy (non-hydrogen) atoms. The highest BCUT2D eigenvalue weighted by atomic mass is 32.2. The van der Waals surface area contributed by atoms with Crippen molar-refractivity contribution in [3.8, 4) is 0 Å². The Morgan fingerprint density at radius 3 is 2.73 bits per heavy atom. The van der Waals surface area contributed by atoms with Gasteiger partial charge in [-0.2, -0.15) is 4.31 Å². The third-order valence-electron chi connectivity index (χ3n) is 4.30. The number of carbonyl (C=O) groups excluding carboxylic acids is 1. The molecule has 2 atom stereocenters. The van der Waals surface area contributed by atoms with E-state index in [9.17, 15) is 13.2 Å². The molecule has 0 N–H and O–H groups in total. The molecule has 1 aromatic rings. The van der Waals surface area contributed by atoms with Crippen LogP contribution in [0, 0.1) is 0 Å². The van der Waals surface area contributed by atoms with Crippen molar-refractivity contribution in [1.82, 2.24) is 9.21 Å². The monoisotopic (exact) mass is 328 g/mol. The number of ether oxygens (including phenoxy) is 1. The number of likely N-dealkylation sites (tertiary alicyclic amines) is 1. The van der Waals surface area contributed by atoms with E-state index in [0.717, 1.165) is 0 Å². The first-order valence-corrected chi connectivity index (χ1v) is 9.21. The van der Waals surface area contributed by atoms with Gasteiger partial charge >= 0.3 is 0 Å². The second kappa shape index (κ2) is 6.02. The summed E-state index contributed by atoms with van der Waals surface area (Å²) in [6.07, 6.45) is 5.21. The lowest BCUT2D eigenvalue weighted by molar-refractivity contribution is -0.0406. The third kappa shape index (κ3) is 3.04. The lowest BCUT2D eigenvalue weighted by Gasteiger charge is -2.38. The predicted octanol–water partition coefficient (Wildman–Crippen LogP) is 0.545. The van der Waals surface area contributed by atoms with Gasteiger partial charge in [0.2, 0.25) is 10.0 Å². The molecule has 0 bridgehead atoms. The van der Waals surface area contributed by atoms with Crippen molar-refractivity contribution in [2.24, 2.45) is 0 Å². The van der Waals surface area contributed by atoms with Gasteiger partial charge in [0.25, 0.3) is 5.91 Å². The summed E-state index contributed by atoms with van der Waals surface area (Å²) in [6, 6.07) is 1.45. The zero-order chi connectivity index (χ0) is 15.7. The molecule has 1 aromatic heterocycles. The molecule has 0 aliphatic carbocycles. The number of rotatable bonds is 2. The summed E-state index contributed by atoms with van der Waals surface area (Å²) in [6.45, 7) is 1.86. The molecule has 2 aliphatic rings. The maximum absolute atomic E-state index is 12.4. The molecule has 0 aromatic carbocycles. The van der Waals surface area contributed by atoms with Crippen LogP contribution in [0.1, 0.15) is 23.2 Å². The smallest absolute Gasteiger partial charge is 0.257 e. The number of carbonyl (C=O) groups is 1. The Bertz CT molecular complexity index is 628. The van der Waals surface area contributed by atoms with Crippen molar-refractivity contribution in [3.63, 3.8) is 0 Å². The number of hydrogen-bond donors (Lipinski definition) is 0. The van der Waals surface area contributed by atoms with Gasteiger partial charge in [-0.3, -0.25) is 4.79 Å². The molecule has 0 radical (unpaired) electrons. The highest BCUT2D eigenvalue weighted by molar-refractivity contribution is 7.88. The summed E-state index contributed by atoms with van der Waals surface area (Å²) in [5.41, 5.74) is 0.519. The standard InChI is InChI=1S/C14H20N2O5S/c1-22(18,19)16-7-9-21-13-3-6-15(5-2-12(13)16)14(17)11-4-8-20-10-11/h4,8,10,12-13H,2-3,5-7,9H2,1H3/t12-,13+/m0/s1. The molecule has 0 saturated carbocycles. The first-order valence-electron chi connectivity index (χ1n) is 7.37. The number of nitrogens with zero attached hydrogens (tertiary/aromatic N) is 2. The summed E-state index contributed by atoms with van der Waals surface area (Å²) in [5, 5.41) is 0. The minimum atomic E-state index is -3.26. The topological polar surface area (TPSA) is 80.1 Å². The fourth-order valence-electron chi connectivity index (χ4n) is 3.23. The van der Waals surface area contributed by atoms with Gasteiger partial charge in [-0.25, -0.2) is 8.42 Å². The van der Waals surface area contributed by atoms with E-state index in [2.05, 4.69) is 0 Å². The van der Waals surface area contributed by atoms with Crippen LogP contribution in [-0.4, -0.2) is 68.2 Å². The van der Waals surface area contributed by atoms with Crippen molar-refractivity contribution in [2.75, 3.05) is 32.5 Å². The summed E-state index contributed by atoms with van der Waals surface area (Å²) in [7, 11) is -3.26. The van der Waals surface area contributed by atoms with Crippen molar-refractivity contribution < 1.29 is 22.4 Å². The molecule has 2 fully saturated rings. The van der Waals surface area contributed by atoms with E-state index < -0.39 is 10.0 Å². The van der Waals surface area contributed by atoms with E-state index in [1.165, 1.54) is 23.1 Å². The molecule has 8 heteroatoms. The van der Waals surface area contributed by atoms with Crippen LogP contribution in [0.4, 0.5) is 0 Å². The Morgan fingerprint density at radius 2 is 2.05 bits per heavy atom. The first-order chi connectivity index (χ1) is 10.5. The molecular formula is C14H20N2O5S. The van der Waals surface area contributed by atoms with Gasteiger partial charge < -0.3 is 14.1 Å². The van der Waals surface area contributed by atoms with Gasteiger partial charge in [0.15, 0.2) is 0 Å². The van der Waals surface area contributed by atoms with Gasteiger partial charge in [0.1, 0.15) is 6.26 Å².